The number of carbonyl (C=O) groups is 1. The summed E-state index contributed by atoms with van der Waals surface area (Å²) in [5, 5.41) is 0. The summed E-state index contributed by atoms with van der Waals surface area (Å²) in [5.41, 5.74) is 1.32. The molecule has 0 bridgehead atoms. The third kappa shape index (κ3) is 3.06. The fraction of sp³-hybridized carbons (Fsp3) is 0.800. The first kappa shape index (κ1) is 15.1. The Morgan fingerprint density at radius 2 is 2.00 bits per heavy atom. The SMILES string of the molecule is C=C1[C@H](OC(=O)N(C)C)CCC(C)(C)[C@@H]1C(C)C. The maximum atomic E-state index is 11.7. The molecule has 0 aliphatic heterocycles. The zero-order chi connectivity index (χ0) is 14.1. The minimum absolute atomic E-state index is 0.125. The van der Waals surface area contributed by atoms with Gasteiger partial charge in [0.25, 0.3) is 0 Å². The van der Waals surface area contributed by atoms with E-state index in [2.05, 4.69) is 34.3 Å². The van der Waals surface area contributed by atoms with Crippen LogP contribution in [0.5, 0.6) is 0 Å². The van der Waals surface area contributed by atoms with Gasteiger partial charge in [-0.1, -0.05) is 34.3 Å². The van der Waals surface area contributed by atoms with Crippen LogP contribution in [0.1, 0.15) is 40.5 Å². The molecule has 0 saturated heterocycles. The van der Waals surface area contributed by atoms with Gasteiger partial charge in [-0.15, -0.1) is 0 Å². The second-order valence-corrected chi connectivity index (χ2v) is 6.59. The molecule has 1 amide bonds. The first-order chi connectivity index (χ1) is 8.16. The predicted molar refractivity (Wildman–Crippen MR) is 74.4 cm³/mol. The van der Waals surface area contributed by atoms with Gasteiger partial charge in [0.2, 0.25) is 0 Å². The van der Waals surface area contributed by atoms with E-state index in [1.165, 1.54) is 4.90 Å². The fourth-order valence-corrected chi connectivity index (χ4v) is 3.24. The van der Waals surface area contributed by atoms with Crippen LogP contribution < -0.4 is 0 Å². The summed E-state index contributed by atoms with van der Waals surface area (Å²) in [4.78, 5) is 13.1. The van der Waals surface area contributed by atoms with Gasteiger partial charge < -0.3 is 9.64 Å². The van der Waals surface area contributed by atoms with Crippen molar-refractivity contribution in [3.8, 4) is 0 Å². The largest absolute Gasteiger partial charge is 0.442 e. The van der Waals surface area contributed by atoms with Crippen LogP contribution in [0.4, 0.5) is 4.79 Å². The second-order valence-electron chi connectivity index (χ2n) is 6.59. The van der Waals surface area contributed by atoms with Crippen molar-refractivity contribution >= 4 is 6.09 Å². The summed E-state index contributed by atoms with van der Waals surface area (Å²) in [6.45, 7) is 13.2. The molecule has 1 saturated carbocycles. The Kier molecular flexibility index (Phi) is 4.46. The maximum Gasteiger partial charge on any atom is 0.409 e. The minimum atomic E-state index is -0.275. The van der Waals surface area contributed by atoms with E-state index in [0.29, 0.717) is 11.8 Å². The van der Waals surface area contributed by atoms with Crippen LogP contribution in [0.15, 0.2) is 12.2 Å². The molecule has 0 unspecified atom stereocenters. The van der Waals surface area contributed by atoms with Crippen molar-refractivity contribution in [3.05, 3.63) is 12.2 Å². The van der Waals surface area contributed by atoms with Crippen molar-refractivity contribution in [2.75, 3.05) is 14.1 Å². The van der Waals surface area contributed by atoms with E-state index in [1.807, 2.05) is 0 Å². The molecule has 0 aromatic heterocycles. The Morgan fingerprint density at radius 1 is 1.44 bits per heavy atom. The number of hydrogen-bond donors (Lipinski definition) is 0. The fourth-order valence-electron chi connectivity index (χ4n) is 3.24. The van der Waals surface area contributed by atoms with Gasteiger partial charge in [-0.25, -0.2) is 4.79 Å². The van der Waals surface area contributed by atoms with Crippen LogP contribution in [0, 0.1) is 17.3 Å². The topological polar surface area (TPSA) is 29.5 Å². The van der Waals surface area contributed by atoms with Gasteiger partial charge in [0.05, 0.1) is 0 Å². The first-order valence-electron chi connectivity index (χ1n) is 6.73. The average molecular weight is 253 g/mol. The minimum Gasteiger partial charge on any atom is -0.442 e. The summed E-state index contributed by atoms with van der Waals surface area (Å²) in [7, 11) is 3.41. The van der Waals surface area contributed by atoms with Crippen molar-refractivity contribution < 1.29 is 9.53 Å². The molecule has 1 rings (SSSR count). The van der Waals surface area contributed by atoms with Crippen molar-refractivity contribution in [1.82, 2.24) is 4.90 Å². The number of rotatable bonds is 2. The third-order valence-corrected chi connectivity index (χ3v) is 3.98. The van der Waals surface area contributed by atoms with Crippen LogP contribution in [-0.4, -0.2) is 31.2 Å². The van der Waals surface area contributed by atoms with E-state index in [4.69, 9.17) is 4.74 Å². The van der Waals surface area contributed by atoms with Gasteiger partial charge in [-0.2, -0.15) is 0 Å². The van der Waals surface area contributed by atoms with Gasteiger partial charge in [0.1, 0.15) is 6.10 Å². The normalized spacial score (nSPS) is 27.2. The van der Waals surface area contributed by atoms with Crippen LogP contribution in [-0.2, 0) is 4.74 Å². The maximum absolute atomic E-state index is 11.7. The lowest BCUT2D eigenvalue weighted by Gasteiger charge is -2.45. The number of ether oxygens (including phenoxy) is 1. The van der Waals surface area contributed by atoms with Gasteiger partial charge in [0, 0.05) is 14.1 Å². The molecule has 0 heterocycles. The molecule has 0 aromatic carbocycles. The Bertz CT molecular complexity index is 331. The lowest BCUT2D eigenvalue weighted by atomic mass is 9.62. The Hall–Kier alpha value is -0.990. The summed E-state index contributed by atoms with van der Waals surface area (Å²) >= 11 is 0. The van der Waals surface area contributed by atoms with Crippen molar-refractivity contribution in [2.45, 2.75) is 46.6 Å². The molecule has 0 N–H and O–H groups in total. The number of carbonyl (C=O) groups excluding carboxylic acids is 1. The highest BCUT2D eigenvalue weighted by atomic mass is 16.6. The molecular weight excluding hydrogens is 226 g/mol. The molecule has 18 heavy (non-hydrogen) atoms. The number of hydrogen-bond acceptors (Lipinski definition) is 2. The highest BCUT2D eigenvalue weighted by Gasteiger charge is 2.42. The van der Waals surface area contributed by atoms with Crippen LogP contribution in [0.2, 0.25) is 0 Å². The molecule has 1 aliphatic carbocycles. The standard InChI is InChI=1S/C15H27NO2/c1-10(2)13-11(3)12(8-9-15(13,4)5)18-14(17)16(6)7/h10,12-13H,3,8-9H2,1-2,4-7H3/t12-,13-/m1/s1. The van der Waals surface area contributed by atoms with E-state index in [0.717, 1.165) is 18.4 Å². The van der Waals surface area contributed by atoms with Gasteiger partial charge >= 0.3 is 6.09 Å². The quantitative estimate of drug-likeness (QED) is 0.702. The van der Waals surface area contributed by atoms with E-state index in [-0.39, 0.29) is 17.6 Å². The van der Waals surface area contributed by atoms with Crippen molar-refractivity contribution in [1.29, 1.82) is 0 Å². The highest BCUT2D eigenvalue weighted by molar-refractivity contribution is 5.67. The molecule has 104 valence electrons. The highest BCUT2D eigenvalue weighted by Crippen LogP contribution is 2.47. The smallest absolute Gasteiger partial charge is 0.409 e. The third-order valence-electron chi connectivity index (χ3n) is 3.98. The first-order valence-corrected chi connectivity index (χ1v) is 6.73. The number of amides is 1. The zero-order valence-electron chi connectivity index (χ0n) is 12.6. The molecule has 2 atom stereocenters. The molecule has 0 spiro atoms. The molecular formula is C15H27NO2. The molecule has 3 nitrogen and oxygen atoms in total. The Morgan fingerprint density at radius 3 is 2.44 bits per heavy atom. The lowest BCUT2D eigenvalue weighted by Crippen LogP contribution is -2.41. The Labute approximate surface area is 111 Å². The van der Waals surface area contributed by atoms with Crippen LogP contribution >= 0.6 is 0 Å². The van der Waals surface area contributed by atoms with Crippen LogP contribution in [0.3, 0.4) is 0 Å². The van der Waals surface area contributed by atoms with Crippen molar-refractivity contribution in [2.24, 2.45) is 17.3 Å². The van der Waals surface area contributed by atoms with E-state index >= 15 is 0 Å². The van der Waals surface area contributed by atoms with Crippen LogP contribution in [0.25, 0.3) is 0 Å². The summed E-state index contributed by atoms with van der Waals surface area (Å²) in [5.74, 6) is 0.930. The molecule has 0 aromatic rings. The summed E-state index contributed by atoms with van der Waals surface area (Å²) in [6, 6.07) is 0. The molecule has 3 heteroatoms. The van der Waals surface area contributed by atoms with E-state index < -0.39 is 0 Å². The van der Waals surface area contributed by atoms with E-state index in [1.54, 1.807) is 14.1 Å². The van der Waals surface area contributed by atoms with Gasteiger partial charge in [0.15, 0.2) is 0 Å². The second kappa shape index (κ2) is 5.33. The molecule has 1 aliphatic rings. The Balaban J connectivity index is 2.81. The average Bonchev–Trinajstić information content (AvgIpc) is 2.20. The summed E-state index contributed by atoms with van der Waals surface area (Å²) < 4.78 is 5.53. The zero-order valence-corrected chi connectivity index (χ0v) is 12.6. The molecule has 1 fully saturated rings. The van der Waals surface area contributed by atoms with Gasteiger partial charge in [-0.05, 0) is 35.7 Å². The predicted octanol–water partition coefficient (Wildman–Crippen LogP) is 3.70. The van der Waals surface area contributed by atoms with E-state index in [9.17, 15) is 4.79 Å². The van der Waals surface area contributed by atoms with Crippen molar-refractivity contribution in [3.63, 3.8) is 0 Å². The molecule has 0 radical (unpaired) electrons. The number of nitrogens with zero attached hydrogens (tertiary/aromatic N) is 1. The monoisotopic (exact) mass is 253 g/mol. The summed E-state index contributed by atoms with van der Waals surface area (Å²) in [6.07, 6.45) is 1.55. The van der Waals surface area contributed by atoms with Gasteiger partial charge in [-0.3, -0.25) is 0 Å². The lowest BCUT2D eigenvalue weighted by molar-refractivity contribution is 0.0331.